The van der Waals surface area contributed by atoms with Crippen LogP contribution < -0.4 is 0 Å². The molecule has 0 saturated heterocycles. The van der Waals surface area contributed by atoms with Crippen LogP contribution in [0.15, 0.2) is 0 Å². The molecule has 0 N–H and O–H groups in total. The van der Waals surface area contributed by atoms with E-state index in [4.69, 9.17) is 49.5 Å². The number of rotatable bonds is 28. The summed E-state index contributed by atoms with van der Waals surface area (Å²) in [7, 11) is 0. The molecule has 0 fully saturated rings. The Morgan fingerprint density at radius 1 is 0.515 bits per heavy atom. The summed E-state index contributed by atoms with van der Waals surface area (Å²) in [5, 5.41) is 0. The minimum Gasteiger partial charge on any atom is -0.466 e. The molecule has 0 aliphatic carbocycles. The summed E-state index contributed by atoms with van der Waals surface area (Å²) in [4.78, 5) is 11.1. The van der Waals surface area contributed by atoms with E-state index in [1.54, 1.807) is 6.92 Å². The van der Waals surface area contributed by atoms with Gasteiger partial charge in [0.2, 0.25) is 0 Å². The number of ether oxygens (including phenoxy) is 8. The topological polar surface area (TPSA) is 90.9 Å². The summed E-state index contributed by atoms with van der Waals surface area (Å²) in [6, 6.07) is 0. The Morgan fingerprint density at radius 2 is 0.879 bits per heavy atom. The number of unbranched alkanes of at least 4 members (excludes halogenated alkanes) is 3. The van der Waals surface area contributed by atoms with Crippen LogP contribution in [0, 0.1) is 0 Å². The quantitative estimate of drug-likeness (QED) is 0.0913. The standard InChI is InChI=1S/C23H45ClO9/c1-2-33-23(25)7-10-27-12-14-29-16-18-31-20-22-32-21-19-30-17-15-28-13-11-26-9-6-4-3-5-8-24/h2-22H2,1H3. The lowest BCUT2D eigenvalue weighted by Crippen LogP contribution is -2.15. The number of esters is 1. The molecule has 0 aromatic rings. The van der Waals surface area contributed by atoms with E-state index in [1.165, 1.54) is 12.8 Å². The molecule has 0 unspecified atom stereocenters. The van der Waals surface area contributed by atoms with E-state index in [0.29, 0.717) is 92.5 Å². The van der Waals surface area contributed by atoms with E-state index in [9.17, 15) is 4.79 Å². The third-order valence-electron chi connectivity index (χ3n) is 4.16. The largest absolute Gasteiger partial charge is 0.466 e. The van der Waals surface area contributed by atoms with Crippen molar-refractivity contribution < 1.29 is 42.7 Å². The molecule has 9 nitrogen and oxygen atoms in total. The van der Waals surface area contributed by atoms with Crippen molar-refractivity contribution in [3.8, 4) is 0 Å². The minimum atomic E-state index is -0.244. The van der Waals surface area contributed by atoms with E-state index >= 15 is 0 Å². The van der Waals surface area contributed by atoms with Crippen LogP contribution >= 0.6 is 11.6 Å². The zero-order chi connectivity index (χ0) is 24.1. The Kier molecular flexibility index (Phi) is 29.0. The monoisotopic (exact) mass is 500 g/mol. The van der Waals surface area contributed by atoms with Gasteiger partial charge in [-0.1, -0.05) is 12.8 Å². The fourth-order valence-corrected chi connectivity index (χ4v) is 2.65. The summed E-state index contributed by atoms with van der Waals surface area (Å²) in [5.41, 5.74) is 0. The van der Waals surface area contributed by atoms with E-state index in [0.717, 1.165) is 25.3 Å². The molecule has 0 aliphatic heterocycles. The zero-order valence-corrected chi connectivity index (χ0v) is 21.2. The van der Waals surface area contributed by atoms with Gasteiger partial charge in [0, 0.05) is 12.5 Å². The number of halogens is 1. The van der Waals surface area contributed by atoms with E-state index in [1.807, 2.05) is 0 Å². The summed E-state index contributed by atoms with van der Waals surface area (Å²) < 4.78 is 42.7. The molecule has 0 atom stereocenters. The first-order chi connectivity index (χ1) is 16.3. The van der Waals surface area contributed by atoms with Gasteiger partial charge in [-0.3, -0.25) is 4.79 Å². The van der Waals surface area contributed by atoms with Crippen molar-refractivity contribution in [1.82, 2.24) is 0 Å². The van der Waals surface area contributed by atoms with Crippen LogP contribution in [0.4, 0.5) is 0 Å². The van der Waals surface area contributed by atoms with Crippen LogP contribution in [-0.2, 0) is 42.7 Å². The van der Waals surface area contributed by atoms with Gasteiger partial charge in [0.25, 0.3) is 0 Å². The molecule has 10 heteroatoms. The lowest BCUT2D eigenvalue weighted by molar-refractivity contribution is -0.144. The molecule has 0 aromatic carbocycles. The SMILES string of the molecule is CCOC(=O)CCOCCOCCOCCOCCOCCOCCOCCCCCCCl. The highest BCUT2D eigenvalue weighted by Gasteiger charge is 2.00. The zero-order valence-electron chi connectivity index (χ0n) is 20.4. The van der Waals surface area contributed by atoms with Crippen LogP contribution in [0.25, 0.3) is 0 Å². The molecule has 0 aliphatic rings. The maximum Gasteiger partial charge on any atom is 0.308 e. The number of hydrogen-bond donors (Lipinski definition) is 0. The van der Waals surface area contributed by atoms with Crippen molar-refractivity contribution in [2.75, 3.05) is 105 Å². The molecule has 198 valence electrons. The summed E-state index contributed by atoms with van der Waals surface area (Å²) >= 11 is 5.63. The van der Waals surface area contributed by atoms with Crippen molar-refractivity contribution in [3.05, 3.63) is 0 Å². The van der Waals surface area contributed by atoms with E-state index in [2.05, 4.69) is 0 Å². The molecule has 0 spiro atoms. The van der Waals surface area contributed by atoms with Crippen LogP contribution in [0.5, 0.6) is 0 Å². The number of carbonyl (C=O) groups is 1. The highest BCUT2D eigenvalue weighted by molar-refractivity contribution is 6.17. The molecule has 33 heavy (non-hydrogen) atoms. The molecular formula is C23H45ClO9. The normalized spacial score (nSPS) is 11.2. The van der Waals surface area contributed by atoms with Gasteiger partial charge in [-0.25, -0.2) is 0 Å². The smallest absolute Gasteiger partial charge is 0.308 e. The van der Waals surface area contributed by atoms with Crippen LogP contribution in [-0.4, -0.2) is 111 Å². The maximum absolute atomic E-state index is 11.1. The first kappa shape index (κ1) is 32.5. The van der Waals surface area contributed by atoms with E-state index in [-0.39, 0.29) is 12.4 Å². The second kappa shape index (κ2) is 29.5. The highest BCUT2D eigenvalue weighted by atomic mass is 35.5. The van der Waals surface area contributed by atoms with Crippen LogP contribution in [0.1, 0.15) is 39.0 Å². The van der Waals surface area contributed by atoms with Gasteiger partial charge < -0.3 is 37.9 Å². The summed E-state index contributed by atoms with van der Waals surface area (Å²) in [5.74, 6) is 0.501. The second-order valence-corrected chi connectivity index (χ2v) is 7.32. The first-order valence-corrected chi connectivity index (χ1v) is 12.6. The van der Waals surface area contributed by atoms with Gasteiger partial charge in [-0.15, -0.1) is 11.6 Å². The molecule has 0 amide bonds. The average Bonchev–Trinajstić information content (AvgIpc) is 2.81. The van der Waals surface area contributed by atoms with Crippen molar-refractivity contribution in [1.29, 1.82) is 0 Å². The third kappa shape index (κ3) is 29.4. The Balaban J connectivity index is 3.03. The lowest BCUT2D eigenvalue weighted by Gasteiger charge is -2.08. The molecule has 0 bridgehead atoms. The molecule has 0 aromatic heterocycles. The second-order valence-electron chi connectivity index (χ2n) is 6.94. The Labute approximate surface area is 204 Å². The first-order valence-electron chi connectivity index (χ1n) is 12.1. The van der Waals surface area contributed by atoms with Crippen molar-refractivity contribution in [2.45, 2.75) is 39.0 Å². The summed E-state index contributed by atoms with van der Waals surface area (Å²) in [6.45, 7) is 9.58. The van der Waals surface area contributed by atoms with E-state index < -0.39 is 0 Å². The Bertz CT molecular complexity index is 389. The maximum atomic E-state index is 11.1. The third-order valence-corrected chi connectivity index (χ3v) is 4.43. The van der Waals surface area contributed by atoms with Gasteiger partial charge in [-0.05, 0) is 19.8 Å². The highest BCUT2D eigenvalue weighted by Crippen LogP contribution is 2.01. The Hall–Kier alpha value is -0.520. The van der Waals surface area contributed by atoms with Crippen molar-refractivity contribution in [3.63, 3.8) is 0 Å². The van der Waals surface area contributed by atoms with Gasteiger partial charge in [0.15, 0.2) is 0 Å². The molecule has 0 saturated carbocycles. The fourth-order valence-electron chi connectivity index (χ4n) is 2.46. The van der Waals surface area contributed by atoms with Crippen LogP contribution in [0.3, 0.4) is 0 Å². The van der Waals surface area contributed by atoms with Crippen molar-refractivity contribution in [2.24, 2.45) is 0 Å². The molecule has 0 rings (SSSR count). The van der Waals surface area contributed by atoms with Crippen molar-refractivity contribution >= 4 is 17.6 Å². The molecule has 0 heterocycles. The van der Waals surface area contributed by atoms with Gasteiger partial charge in [-0.2, -0.15) is 0 Å². The summed E-state index contributed by atoms with van der Waals surface area (Å²) in [6.07, 6.45) is 4.77. The average molecular weight is 501 g/mol. The van der Waals surface area contributed by atoms with Crippen LogP contribution in [0.2, 0.25) is 0 Å². The Morgan fingerprint density at radius 3 is 1.27 bits per heavy atom. The van der Waals surface area contributed by atoms with Gasteiger partial charge >= 0.3 is 5.97 Å². The van der Waals surface area contributed by atoms with Gasteiger partial charge in [0.1, 0.15) is 0 Å². The predicted molar refractivity (Wildman–Crippen MR) is 126 cm³/mol. The number of carbonyl (C=O) groups excluding carboxylic acids is 1. The lowest BCUT2D eigenvalue weighted by atomic mass is 10.2. The fraction of sp³-hybridized carbons (Fsp3) is 0.957. The molecular weight excluding hydrogens is 456 g/mol. The molecule has 0 radical (unpaired) electrons. The number of hydrogen-bond acceptors (Lipinski definition) is 9. The van der Waals surface area contributed by atoms with Gasteiger partial charge in [0.05, 0.1) is 98.9 Å². The predicted octanol–water partition coefficient (Wildman–Crippen LogP) is 2.86. The number of alkyl halides is 1. The minimum absolute atomic E-state index is 0.244.